The number of hydrogen-bond donors (Lipinski definition) is 1. The van der Waals surface area contributed by atoms with Crippen molar-refractivity contribution in [2.24, 2.45) is 0 Å². The van der Waals surface area contributed by atoms with Crippen molar-refractivity contribution in [1.29, 1.82) is 0 Å². The number of aryl methyl sites for hydroxylation is 1. The molecule has 2 aromatic rings. The number of alkyl halides is 2. The Labute approximate surface area is 115 Å². The molecule has 1 N–H and O–H groups in total. The molecule has 0 aliphatic heterocycles. The summed E-state index contributed by atoms with van der Waals surface area (Å²) in [5, 5.41) is 10.3. The molecular weight excluding hydrogens is 266 g/mol. The Balaban J connectivity index is 2.16. The van der Waals surface area contributed by atoms with Crippen molar-refractivity contribution in [3.63, 3.8) is 0 Å². The molecule has 0 saturated carbocycles. The van der Waals surface area contributed by atoms with Gasteiger partial charge in [0, 0.05) is 18.9 Å². The molecule has 2 rings (SSSR count). The first-order chi connectivity index (χ1) is 9.61. The minimum Gasteiger partial charge on any atom is -0.435 e. The Hall–Kier alpha value is -1.95. The molecule has 1 aromatic carbocycles. The lowest BCUT2D eigenvalue weighted by Gasteiger charge is -2.13. The summed E-state index contributed by atoms with van der Waals surface area (Å²) in [6.07, 6.45) is 3.47. The first kappa shape index (κ1) is 14.5. The lowest BCUT2D eigenvalue weighted by molar-refractivity contribution is -0.0498. The van der Waals surface area contributed by atoms with Crippen molar-refractivity contribution in [2.75, 3.05) is 0 Å². The van der Waals surface area contributed by atoms with Crippen LogP contribution < -0.4 is 4.74 Å². The quantitative estimate of drug-likeness (QED) is 0.886. The summed E-state index contributed by atoms with van der Waals surface area (Å²) in [6, 6.07) is 5.90. The Morgan fingerprint density at radius 3 is 2.60 bits per heavy atom. The summed E-state index contributed by atoms with van der Waals surface area (Å²) in [6.45, 7) is -0.0553. The van der Waals surface area contributed by atoms with Crippen molar-refractivity contribution in [2.45, 2.75) is 32.6 Å². The maximum atomic E-state index is 12.1. The van der Waals surface area contributed by atoms with Gasteiger partial charge in [0.2, 0.25) is 0 Å². The SMILES string of the molecule is CCCn1ccnc1C(O)c1ccc(OC(F)F)cc1. The summed E-state index contributed by atoms with van der Waals surface area (Å²) >= 11 is 0. The van der Waals surface area contributed by atoms with E-state index in [9.17, 15) is 13.9 Å². The molecule has 0 spiro atoms. The van der Waals surface area contributed by atoms with Crippen LogP contribution in [0.4, 0.5) is 8.78 Å². The molecule has 1 unspecified atom stereocenters. The summed E-state index contributed by atoms with van der Waals surface area (Å²) < 4.78 is 30.2. The minimum absolute atomic E-state index is 0.0628. The number of nitrogens with zero attached hydrogens (tertiary/aromatic N) is 2. The van der Waals surface area contributed by atoms with E-state index in [4.69, 9.17) is 0 Å². The van der Waals surface area contributed by atoms with Crippen molar-refractivity contribution < 1.29 is 18.6 Å². The molecule has 20 heavy (non-hydrogen) atoms. The van der Waals surface area contributed by atoms with Gasteiger partial charge < -0.3 is 14.4 Å². The second kappa shape index (κ2) is 6.47. The highest BCUT2D eigenvalue weighted by molar-refractivity contribution is 5.31. The zero-order valence-corrected chi connectivity index (χ0v) is 11.0. The molecule has 1 aromatic heterocycles. The van der Waals surface area contributed by atoms with E-state index in [2.05, 4.69) is 9.72 Å². The molecular formula is C14H16F2N2O2. The number of aliphatic hydroxyl groups is 1. The Morgan fingerprint density at radius 2 is 2.00 bits per heavy atom. The lowest BCUT2D eigenvalue weighted by atomic mass is 10.1. The first-order valence-electron chi connectivity index (χ1n) is 6.35. The molecule has 4 nitrogen and oxygen atoms in total. The van der Waals surface area contributed by atoms with Crippen LogP contribution in [0.1, 0.15) is 30.8 Å². The summed E-state index contributed by atoms with van der Waals surface area (Å²) in [5.41, 5.74) is 0.579. The third-order valence-electron chi connectivity index (χ3n) is 2.88. The van der Waals surface area contributed by atoms with Crippen LogP contribution in [0.5, 0.6) is 5.75 Å². The second-order valence-corrected chi connectivity index (χ2v) is 4.33. The van der Waals surface area contributed by atoms with E-state index >= 15 is 0 Å². The maximum Gasteiger partial charge on any atom is 0.387 e. The largest absolute Gasteiger partial charge is 0.435 e. The van der Waals surface area contributed by atoms with Gasteiger partial charge in [0.1, 0.15) is 17.7 Å². The highest BCUT2D eigenvalue weighted by atomic mass is 19.3. The summed E-state index contributed by atoms with van der Waals surface area (Å²) in [5.74, 6) is 0.599. The van der Waals surface area contributed by atoms with Crippen LogP contribution >= 0.6 is 0 Å². The molecule has 6 heteroatoms. The van der Waals surface area contributed by atoms with Gasteiger partial charge in [-0.05, 0) is 24.1 Å². The maximum absolute atomic E-state index is 12.1. The van der Waals surface area contributed by atoms with E-state index in [1.807, 2.05) is 11.5 Å². The highest BCUT2D eigenvalue weighted by Crippen LogP contribution is 2.23. The number of rotatable bonds is 6. The van der Waals surface area contributed by atoms with Crippen LogP contribution in [0, 0.1) is 0 Å². The minimum atomic E-state index is -2.85. The Morgan fingerprint density at radius 1 is 1.30 bits per heavy atom. The molecule has 0 aliphatic carbocycles. The van der Waals surface area contributed by atoms with Crippen LogP contribution in [0.3, 0.4) is 0 Å². The van der Waals surface area contributed by atoms with Gasteiger partial charge in [-0.25, -0.2) is 4.98 Å². The number of halogens is 2. The normalized spacial score (nSPS) is 12.7. The third kappa shape index (κ3) is 3.33. The van der Waals surface area contributed by atoms with Crippen molar-refractivity contribution >= 4 is 0 Å². The molecule has 0 amide bonds. The zero-order chi connectivity index (χ0) is 14.5. The monoisotopic (exact) mass is 282 g/mol. The van der Waals surface area contributed by atoms with E-state index < -0.39 is 12.7 Å². The molecule has 0 radical (unpaired) electrons. The number of imidazole rings is 1. The molecule has 1 atom stereocenters. The van der Waals surface area contributed by atoms with E-state index in [1.54, 1.807) is 24.5 Å². The molecule has 1 heterocycles. The topological polar surface area (TPSA) is 47.3 Å². The summed E-state index contributed by atoms with van der Waals surface area (Å²) in [4.78, 5) is 4.14. The van der Waals surface area contributed by atoms with Gasteiger partial charge >= 0.3 is 6.61 Å². The zero-order valence-electron chi connectivity index (χ0n) is 11.0. The van der Waals surface area contributed by atoms with E-state index in [-0.39, 0.29) is 5.75 Å². The fourth-order valence-electron chi connectivity index (χ4n) is 1.98. The first-order valence-corrected chi connectivity index (χ1v) is 6.35. The van der Waals surface area contributed by atoms with Crippen LogP contribution in [0.25, 0.3) is 0 Å². The number of aliphatic hydroxyl groups excluding tert-OH is 1. The van der Waals surface area contributed by atoms with Crippen LogP contribution in [0.2, 0.25) is 0 Å². The van der Waals surface area contributed by atoms with Crippen molar-refractivity contribution in [3.8, 4) is 5.75 Å². The van der Waals surface area contributed by atoms with Crippen LogP contribution in [0.15, 0.2) is 36.7 Å². The van der Waals surface area contributed by atoms with Gasteiger partial charge in [-0.1, -0.05) is 19.1 Å². The van der Waals surface area contributed by atoms with Gasteiger partial charge in [-0.3, -0.25) is 0 Å². The van der Waals surface area contributed by atoms with Crippen molar-refractivity contribution in [3.05, 3.63) is 48.0 Å². The van der Waals surface area contributed by atoms with Crippen LogP contribution in [-0.2, 0) is 6.54 Å². The average molecular weight is 282 g/mol. The van der Waals surface area contributed by atoms with Gasteiger partial charge in [0.15, 0.2) is 0 Å². The molecule has 0 saturated heterocycles. The van der Waals surface area contributed by atoms with Gasteiger partial charge in [-0.15, -0.1) is 0 Å². The molecule has 0 bridgehead atoms. The van der Waals surface area contributed by atoms with Crippen LogP contribution in [-0.4, -0.2) is 21.3 Å². The average Bonchev–Trinajstić information content (AvgIpc) is 2.87. The smallest absolute Gasteiger partial charge is 0.387 e. The predicted molar refractivity (Wildman–Crippen MR) is 69.7 cm³/mol. The Kier molecular flexibility index (Phi) is 4.68. The van der Waals surface area contributed by atoms with E-state index in [1.165, 1.54) is 12.1 Å². The standard InChI is InChI=1S/C14H16F2N2O2/c1-2-8-18-9-7-17-13(18)12(19)10-3-5-11(6-4-10)20-14(15)16/h3-7,9,12,14,19H,2,8H2,1H3. The number of hydrogen-bond acceptors (Lipinski definition) is 3. The number of benzene rings is 1. The van der Waals surface area contributed by atoms with Gasteiger partial charge in [-0.2, -0.15) is 8.78 Å². The molecule has 0 fully saturated rings. The highest BCUT2D eigenvalue weighted by Gasteiger charge is 2.16. The molecule has 108 valence electrons. The van der Waals surface area contributed by atoms with Gasteiger partial charge in [0.05, 0.1) is 0 Å². The third-order valence-corrected chi connectivity index (χ3v) is 2.88. The second-order valence-electron chi connectivity index (χ2n) is 4.33. The number of ether oxygens (including phenoxy) is 1. The van der Waals surface area contributed by atoms with E-state index in [0.29, 0.717) is 11.4 Å². The van der Waals surface area contributed by atoms with E-state index in [0.717, 1.165) is 13.0 Å². The fraction of sp³-hybridized carbons (Fsp3) is 0.357. The lowest BCUT2D eigenvalue weighted by Crippen LogP contribution is -2.10. The number of aromatic nitrogens is 2. The molecule has 0 aliphatic rings. The predicted octanol–water partition coefficient (Wildman–Crippen LogP) is 2.98. The van der Waals surface area contributed by atoms with Gasteiger partial charge in [0.25, 0.3) is 0 Å². The van der Waals surface area contributed by atoms with Crippen molar-refractivity contribution in [1.82, 2.24) is 9.55 Å². The summed E-state index contributed by atoms with van der Waals surface area (Å²) in [7, 11) is 0. The fourth-order valence-corrected chi connectivity index (χ4v) is 1.98. The Bertz CT molecular complexity index is 540.